The number of benzene rings is 1. The van der Waals surface area contributed by atoms with Crippen molar-refractivity contribution in [1.29, 1.82) is 0 Å². The minimum absolute atomic E-state index is 0.119. The summed E-state index contributed by atoms with van der Waals surface area (Å²) in [5.74, 6) is -0.119. The lowest BCUT2D eigenvalue weighted by molar-refractivity contribution is 0.102. The third-order valence-corrected chi connectivity index (χ3v) is 4.53. The van der Waals surface area contributed by atoms with Gasteiger partial charge in [-0.2, -0.15) is 5.10 Å². The van der Waals surface area contributed by atoms with E-state index in [1.165, 1.54) is 6.20 Å². The van der Waals surface area contributed by atoms with Gasteiger partial charge in [0.25, 0.3) is 0 Å². The quantitative estimate of drug-likeness (QED) is 0.757. The average molecular weight is 371 g/mol. The highest BCUT2D eigenvalue weighted by atomic mass is 79.9. The summed E-state index contributed by atoms with van der Waals surface area (Å²) < 4.78 is 2.46. The molecule has 0 N–H and O–H groups in total. The molecule has 2 aromatic rings. The maximum atomic E-state index is 12.8. The summed E-state index contributed by atoms with van der Waals surface area (Å²) in [6.45, 7) is 3.35. The Kier molecular flexibility index (Phi) is 5.19. The molecular formula is C15H17BrClN3O. The molecule has 0 saturated heterocycles. The first-order valence-electron chi connectivity index (χ1n) is 6.57. The fourth-order valence-corrected chi connectivity index (χ4v) is 2.67. The third-order valence-electron chi connectivity index (χ3n) is 3.21. The van der Waals surface area contributed by atoms with Crippen molar-refractivity contribution in [3.8, 4) is 0 Å². The molecule has 6 heteroatoms. The Labute approximate surface area is 137 Å². The van der Waals surface area contributed by atoms with Crippen molar-refractivity contribution >= 4 is 33.3 Å². The fourth-order valence-electron chi connectivity index (χ4n) is 2.00. The Bertz CT molecular complexity index is 667. The van der Waals surface area contributed by atoms with Gasteiger partial charge in [-0.25, -0.2) is 0 Å². The smallest absolute Gasteiger partial charge is 0.213 e. The average Bonchev–Trinajstić information content (AvgIpc) is 2.80. The normalized spacial score (nSPS) is 11.1. The Morgan fingerprint density at radius 2 is 2.14 bits per heavy atom. The second-order valence-corrected chi connectivity index (χ2v) is 6.33. The zero-order valence-corrected chi connectivity index (χ0v) is 14.6. The third kappa shape index (κ3) is 3.54. The lowest BCUT2D eigenvalue weighted by Gasteiger charge is -2.12. The van der Waals surface area contributed by atoms with Crippen molar-refractivity contribution in [2.45, 2.75) is 13.5 Å². The van der Waals surface area contributed by atoms with Crippen LogP contribution in [0.15, 0.2) is 28.9 Å². The van der Waals surface area contributed by atoms with Crippen LogP contribution in [-0.4, -0.2) is 41.1 Å². The van der Waals surface area contributed by atoms with Gasteiger partial charge in [-0.15, -0.1) is 0 Å². The number of aromatic nitrogens is 2. The van der Waals surface area contributed by atoms with E-state index >= 15 is 0 Å². The van der Waals surface area contributed by atoms with Crippen molar-refractivity contribution in [3.63, 3.8) is 0 Å². The predicted octanol–water partition coefficient (Wildman–Crippen LogP) is 3.40. The molecule has 0 spiro atoms. The van der Waals surface area contributed by atoms with E-state index in [0.717, 1.165) is 16.6 Å². The van der Waals surface area contributed by atoms with Gasteiger partial charge >= 0.3 is 0 Å². The van der Waals surface area contributed by atoms with Crippen molar-refractivity contribution in [3.05, 3.63) is 50.7 Å². The fraction of sp³-hybridized carbons (Fsp3) is 0.333. The Balaban J connectivity index is 2.39. The monoisotopic (exact) mass is 369 g/mol. The predicted molar refractivity (Wildman–Crippen MR) is 88.1 cm³/mol. The highest BCUT2D eigenvalue weighted by molar-refractivity contribution is 9.10. The number of rotatable bonds is 5. The van der Waals surface area contributed by atoms with Gasteiger partial charge in [0.15, 0.2) is 0 Å². The number of aryl methyl sites for hydroxylation is 1. The molecule has 21 heavy (non-hydrogen) atoms. The van der Waals surface area contributed by atoms with Gasteiger partial charge in [0.2, 0.25) is 5.78 Å². The molecule has 1 heterocycles. The Hall–Kier alpha value is -1.17. The summed E-state index contributed by atoms with van der Waals surface area (Å²) >= 11 is 9.64. The van der Waals surface area contributed by atoms with Gasteiger partial charge in [0.1, 0.15) is 5.69 Å². The van der Waals surface area contributed by atoms with Crippen LogP contribution in [0.5, 0.6) is 0 Å². The number of ketones is 1. The molecule has 112 valence electrons. The van der Waals surface area contributed by atoms with E-state index < -0.39 is 0 Å². The van der Waals surface area contributed by atoms with E-state index in [2.05, 4.69) is 21.0 Å². The van der Waals surface area contributed by atoms with Crippen LogP contribution in [0.1, 0.15) is 21.6 Å². The van der Waals surface area contributed by atoms with Crippen LogP contribution in [0.2, 0.25) is 5.02 Å². The molecule has 0 amide bonds. The van der Waals surface area contributed by atoms with Crippen LogP contribution in [0.4, 0.5) is 0 Å². The largest absolute Gasteiger partial charge is 0.308 e. The van der Waals surface area contributed by atoms with E-state index in [1.54, 1.807) is 10.7 Å². The molecule has 0 radical (unpaired) electrons. The van der Waals surface area contributed by atoms with Crippen molar-refractivity contribution in [2.75, 3.05) is 20.6 Å². The van der Waals surface area contributed by atoms with Crippen LogP contribution in [0, 0.1) is 6.92 Å². The van der Waals surface area contributed by atoms with E-state index in [1.807, 2.05) is 38.1 Å². The van der Waals surface area contributed by atoms with E-state index in [-0.39, 0.29) is 5.78 Å². The molecule has 0 aliphatic rings. The maximum Gasteiger partial charge on any atom is 0.213 e. The summed E-state index contributed by atoms with van der Waals surface area (Å²) in [6.07, 6.45) is 1.52. The van der Waals surface area contributed by atoms with E-state index in [9.17, 15) is 4.79 Å². The summed E-state index contributed by atoms with van der Waals surface area (Å²) in [4.78, 5) is 14.8. The van der Waals surface area contributed by atoms with Crippen LogP contribution in [0.25, 0.3) is 0 Å². The minimum Gasteiger partial charge on any atom is -0.308 e. The summed E-state index contributed by atoms with van der Waals surface area (Å²) in [5, 5.41) is 4.59. The first-order chi connectivity index (χ1) is 9.91. The number of nitrogens with zero attached hydrogens (tertiary/aromatic N) is 3. The number of hydrogen-bond acceptors (Lipinski definition) is 3. The highest BCUT2D eigenvalue weighted by Gasteiger charge is 2.21. The van der Waals surface area contributed by atoms with Crippen molar-refractivity contribution in [1.82, 2.24) is 14.7 Å². The molecule has 0 aliphatic heterocycles. The lowest BCUT2D eigenvalue weighted by Crippen LogP contribution is -2.22. The van der Waals surface area contributed by atoms with Gasteiger partial charge in [0, 0.05) is 16.6 Å². The zero-order valence-electron chi connectivity index (χ0n) is 12.2. The molecule has 1 aromatic carbocycles. The van der Waals surface area contributed by atoms with Crippen molar-refractivity contribution < 1.29 is 4.79 Å². The molecule has 0 unspecified atom stereocenters. The standard InChI is InChI=1S/C15H17BrClN3O/c1-10-5-4-6-11(13(10)16)15(21)14-12(17)9-18-20(14)8-7-19(2)3/h4-6,9H,7-8H2,1-3H3. The molecule has 0 bridgehead atoms. The van der Waals surface area contributed by atoms with E-state index in [4.69, 9.17) is 11.6 Å². The highest BCUT2D eigenvalue weighted by Crippen LogP contribution is 2.26. The second kappa shape index (κ2) is 6.73. The molecule has 0 saturated carbocycles. The van der Waals surface area contributed by atoms with Gasteiger partial charge in [-0.1, -0.05) is 23.7 Å². The van der Waals surface area contributed by atoms with Gasteiger partial charge in [-0.3, -0.25) is 9.48 Å². The molecule has 4 nitrogen and oxygen atoms in total. The minimum atomic E-state index is -0.119. The first-order valence-corrected chi connectivity index (χ1v) is 7.74. The number of carbonyl (C=O) groups excluding carboxylic acids is 1. The number of likely N-dealkylation sites (N-methyl/N-ethyl adjacent to an activating group) is 1. The first kappa shape index (κ1) is 16.2. The summed E-state index contributed by atoms with van der Waals surface area (Å²) in [5.41, 5.74) is 2.05. The SMILES string of the molecule is Cc1cccc(C(=O)c2c(Cl)cnn2CCN(C)C)c1Br. The molecule has 0 atom stereocenters. The molecule has 0 aliphatic carbocycles. The molecular weight excluding hydrogens is 354 g/mol. The van der Waals surface area contributed by atoms with Crippen LogP contribution >= 0.6 is 27.5 Å². The molecule has 1 aromatic heterocycles. The topological polar surface area (TPSA) is 38.1 Å². The van der Waals surface area contributed by atoms with Gasteiger partial charge < -0.3 is 4.90 Å². The lowest BCUT2D eigenvalue weighted by atomic mass is 10.1. The number of carbonyl (C=O) groups is 1. The van der Waals surface area contributed by atoms with E-state index in [0.29, 0.717) is 22.8 Å². The number of hydrogen-bond donors (Lipinski definition) is 0. The van der Waals surface area contributed by atoms with Crippen molar-refractivity contribution in [2.24, 2.45) is 0 Å². The Morgan fingerprint density at radius 3 is 2.81 bits per heavy atom. The van der Waals surface area contributed by atoms with Crippen LogP contribution < -0.4 is 0 Å². The maximum absolute atomic E-state index is 12.8. The number of halogens is 2. The summed E-state index contributed by atoms with van der Waals surface area (Å²) in [7, 11) is 3.95. The van der Waals surface area contributed by atoms with Gasteiger partial charge in [0.05, 0.1) is 17.8 Å². The van der Waals surface area contributed by atoms with Crippen LogP contribution in [0.3, 0.4) is 0 Å². The molecule has 2 rings (SSSR count). The summed E-state index contributed by atoms with van der Waals surface area (Å²) in [6, 6.07) is 5.60. The Morgan fingerprint density at radius 1 is 1.43 bits per heavy atom. The van der Waals surface area contributed by atoms with Gasteiger partial charge in [-0.05, 0) is 48.6 Å². The van der Waals surface area contributed by atoms with Crippen LogP contribution in [-0.2, 0) is 6.54 Å². The second-order valence-electron chi connectivity index (χ2n) is 5.13. The molecule has 0 fully saturated rings. The zero-order chi connectivity index (χ0) is 15.6.